The van der Waals surface area contributed by atoms with Crippen LogP contribution in [0.25, 0.3) is 0 Å². The van der Waals surface area contributed by atoms with E-state index in [9.17, 15) is 17.9 Å². The number of benzene rings is 2. The van der Waals surface area contributed by atoms with Gasteiger partial charge in [0.25, 0.3) is 10.0 Å². The summed E-state index contributed by atoms with van der Waals surface area (Å²) < 4.78 is 39.8. The third-order valence-corrected chi connectivity index (χ3v) is 4.32. The Bertz CT molecular complexity index is 719. The Kier molecular flexibility index (Phi) is 3.77. The molecule has 4 nitrogen and oxygen atoms in total. The van der Waals surface area contributed by atoms with Gasteiger partial charge in [-0.05, 0) is 46.3 Å². The quantitative estimate of drug-likeness (QED) is 0.898. The average molecular weight is 346 g/mol. The normalized spacial score (nSPS) is 11.3. The number of hydrogen-bond donors (Lipinski definition) is 2. The van der Waals surface area contributed by atoms with E-state index >= 15 is 0 Å². The van der Waals surface area contributed by atoms with E-state index in [1.54, 1.807) is 0 Å². The Hall–Kier alpha value is -1.60. The Morgan fingerprint density at radius 2 is 1.89 bits per heavy atom. The number of hydrogen-bond acceptors (Lipinski definition) is 3. The molecule has 0 aromatic heterocycles. The van der Waals surface area contributed by atoms with Gasteiger partial charge in [0, 0.05) is 6.07 Å². The molecule has 2 rings (SSSR count). The van der Waals surface area contributed by atoms with Crippen LogP contribution < -0.4 is 4.72 Å². The summed E-state index contributed by atoms with van der Waals surface area (Å²) in [4.78, 5) is -0.101. The number of rotatable bonds is 3. The lowest BCUT2D eigenvalue weighted by atomic mass is 10.3. The summed E-state index contributed by atoms with van der Waals surface area (Å²) in [6.07, 6.45) is 0. The first kappa shape index (κ1) is 13.8. The molecule has 0 saturated carbocycles. The molecule has 0 spiro atoms. The molecule has 0 aliphatic rings. The van der Waals surface area contributed by atoms with Crippen LogP contribution >= 0.6 is 15.9 Å². The Morgan fingerprint density at radius 3 is 2.53 bits per heavy atom. The van der Waals surface area contributed by atoms with Crippen LogP contribution in [-0.4, -0.2) is 13.5 Å². The second kappa shape index (κ2) is 5.18. The van der Waals surface area contributed by atoms with Crippen LogP contribution in [-0.2, 0) is 10.0 Å². The van der Waals surface area contributed by atoms with Crippen molar-refractivity contribution in [2.75, 3.05) is 4.72 Å². The second-order valence-corrected chi connectivity index (χ2v) is 6.27. The zero-order chi connectivity index (χ0) is 14.0. The molecule has 2 aromatic carbocycles. The van der Waals surface area contributed by atoms with Crippen molar-refractivity contribution in [3.8, 4) is 5.75 Å². The van der Waals surface area contributed by atoms with Gasteiger partial charge in [0.2, 0.25) is 0 Å². The smallest absolute Gasteiger partial charge is 0.262 e. The van der Waals surface area contributed by atoms with Gasteiger partial charge in [-0.2, -0.15) is 0 Å². The van der Waals surface area contributed by atoms with Crippen LogP contribution in [0.5, 0.6) is 5.75 Å². The van der Waals surface area contributed by atoms with E-state index in [0.29, 0.717) is 0 Å². The van der Waals surface area contributed by atoms with Crippen LogP contribution in [0, 0.1) is 5.82 Å². The maximum absolute atomic E-state index is 13.3. The lowest BCUT2D eigenvalue weighted by Crippen LogP contribution is -2.12. The molecule has 100 valence electrons. The molecular formula is C12H9BrFNO3S. The topological polar surface area (TPSA) is 66.4 Å². The highest BCUT2D eigenvalue weighted by molar-refractivity contribution is 9.10. The monoisotopic (exact) mass is 345 g/mol. The Morgan fingerprint density at radius 1 is 1.16 bits per heavy atom. The minimum atomic E-state index is -3.86. The lowest BCUT2D eigenvalue weighted by Gasteiger charge is -2.08. The molecule has 0 amide bonds. The minimum Gasteiger partial charge on any atom is -0.508 e. The van der Waals surface area contributed by atoms with Gasteiger partial charge in [-0.1, -0.05) is 6.07 Å². The maximum atomic E-state index is 13.3. The van der Waals surface area contributed by atoms with Crippen molar-refractivity contribution in [2.45, 2.75) is 4.90 Å². The summed E-state index contributed by atoms with van der Waals surface area (Å²) in [6.45, 7) is 0. The molecule has 0 radical (unpaired) electrons. The van der Waals surface area contributed by atoms with Gasteiger partial charge in [0.05, 0.1) is 15.1 Å². The van der Waals surface area contributed by atoms with Crippen molar-refractivity contribution < 1.29 is 17.9 Å². The zero-order valence-corrected chi connectivity index (χ0v) is 11.9. The van der Waals surface area contributed by atoms with Crippen LogP contribution in [0.3, 0.4) is 0 Å². The van der Waals surface area contributed by atoms with Crippen molar-refractivity contribution in [3.63, 3.8) is 0 Å². The van der Waals surface area contributed by atoms with Crippen molar-refractivity contribution in [2.24, 2.45) is 0 Å². The molecule has 0 unspecified atom stereocenters. The molecule has 0 aliphatic carbocycles. The van der Waals surface area contributed by atoms with Gasteiger partial charge in [-0.15, -0.1) is 0 Å². The molecule has 0 aliphatic heterocycles. The lowest BCUT2D eigenvalue weighted by molar-refractivity contribution is 0.473. The summed E-state index contributed by atoms with van der Waals surface area (Å²) in [7, 11) is -3.86. The second-order valence-electron chi connectivity index (χ2n) is 3.73. The fourth-order valence-electron chi connectivity index (χ4n) is 1.42. The van der Waals surface area contributed by atoms with E-state index in [1.165, 1.54) is 30.3 Å². The predicted molar refractivity (Wildman–Crippen MR) is 73.0 cm³/mol. The summed E-state index contributed by atoms with van der Waals surface area (Å²) in [5.41, 5.74) is 0.101. The number of phenolic OH excluding ortho intramolecular Hbond substituents is 1. The summed E-state index contributed by atoms with van der Waals surface area (Å²) in [6, 6.07) is 9.09. The van der Waals surface area contributed by atoms with E-state index in [4.69, 9.17) is 0 Å². The molecule has 2 aromatic rings. The molecule has 19 heavy (non-hydrogen) atoms. The molecule has 0 atom stereocenters. The number of sulfonamides is 1. The van der Waals surface area contributed by atoms with Crippen LogP contribution in [0.1, 0.15) is 0 Å². The molecular weight excluding hydrogens is 337 g/mol. The van der Waals surface area contributed by atoms with Gasteiger partial charge in [0.15, 0.2) is 0 Å². The van der Waals surface area contributed by atoms with Crippen LogP contribution in [0.4, 0.5) is 10.1 Å². The molecule has 0 saturated heterocycles. The summed E-state index contributed by atoms with van der Waals surface area (Å²) in [5, 5.41) is 9.26. The molecule has 7 heteroatoms. The number of aromatic hydroxyl groups is 1. The van der Waals surface area contributed by atoms with Crippen molar-refractivity contribution >= 4 is 31.6 Å². The SMILES string of the molecule is O=S(=O)(Nc1ccc(Br)c(F)c1)c1cccc(O)c1. The van der Waals surface area contributed by atoms with E-state index in [0.717, 1.165) is 12.1 Å². The molecule has 0 heterocycles. The first-order valence-corrected chi connectivity index (χ1v) is 7.43. The van der Waals surface area contributed by atoms with E-state index in [-0.39, 0.29) is 20.8 Å². The fourth-order valence-corrected chi connectivity index (χ4v) is 2.76. The zero-order valence-electron chi connectivity index (χ0n) is 9.47. The molecule has 0 bridgehead atoms. The summed E-state index contributed by atoms with van der Waals surface area (Å²) >= 11 is 2.98. The predicted octanol–water partition coefficient (Wildman–Crippen LogP) is 3.09. The van der Waals surface area contributed by atoms with Gasteiger partial charge in [0.1, 0.15) is 11.6 Å². The molecule has 2 N–H and O–H groups in total. The third-order valence-electron chi connectivity index (χ3n) is 2.30. The van der Waals surface area contributed by atoms with Gasteiger partial charge in [-0.3, -0.25) is 4.72 Å². The Balaban J connectivity index is 2.33. The van der Waals surface area contributed by atoms with Crippen molar-refractivity contribution in [3.05, 3.63) is 52.8 Å². The minimum absolute atomic E-state index is 0.101. The van der Waals surface area contributed by atoms with E-state index < -0.39 is 15.8 Å². The van der Waals surface area contributed by atoms with Crippen molar-refractivity contribution in [1.29, 1.82) is 0 Å². The highest BCUT2D eigenvalue weighted by Gasteiger charge is 2.15. The number of anilines is 1. The van der Waals surface area contributed by atoms with E-state index in [1.807, 2.05) is 0 Å². The molecule has 0 fully saturated rings. The third kappa shape index (κ3) is 3.24. The highest BCUT2D eigenvalue weighted by Crippen LogP contribution is 2.23. The highest BCUT2D eigenvalue weighted by atomic mass is 79.9. The largest absolute Gasteiger partial charge is 0.508 e. The fraction of sp³-hybridized carbons (Fsp3) is 0. The van der Waals surface area contributed by atoms with Crippen LogP contribution in [0.15, 0.2) is 51.8 Å². The van der Waals surface area contributed by atoms with Gasteiger partial charge >= 0.3 is 0 Å². The number of nitrogens with one attached hydrogen (secondary N) is 1. The van der Waals surface area contributed by atoms with Crippen molar-refractivity contribution in [1.82, 2.24) is 0 Å². The Labute approximate surface area is 118 Å². The van der Waals surface area contributed by atoms with Crippen LogP contribution in [0.2, 0.25) is 0 Å². The van der Waals surface area contributed by atoms with Gasteiger partial charge < -0.3 is 5.11 Å². The standard InChI is InChI=1S/C12H9BrFNO3S/c13-11-5-4-8(6-12(11)14)15-19(17,18)10-3-1-2-9(16)7-10/h1-7,15-16H. The van der Waals surface area contributed by atoms with Gasteiger partial charge in [-0.25, -0.2) is 12.8 Å². The summed E-state index contributed by atoms with van der Waals surface area (Å²) in [5.74, 6) is -0.735. The average Bonchev–Trinajstić information content (AvgIpc) is 2.33. The number of phenols is 1. The first-order chi connectivity index (χ1) is 8.88. The number of halogens is 2. The first-order valence-electron chi connectivity index (χ1n) is 5.15. The van der Waals surface area contributed by atoms with E-state index in [2.05, 4.69) is 20.7 Å². The maximum Gasteiger partial charge on any atom is 0.262 e.